The second-order valence-electron chi connectivity index (χ2n) is 5.36. The molecule has 6 heteroatoms. The first-order chi connectivity index (χ1) is 9.45. The molecule has 1 aromatic rings. The summed E-state index contributed by atoms with van der Waals surface area (Å²) in [5, 5.41) is 0.733. The Morgan fingerprint density at radius 1 is 1.35 bits per heavy atom. The van der Waals surface area contributed by atoms with Crippen molar-refractivity contribution in [3.63, 3.8) is 0 Å². The topological polar surface area (TPSA) is 40.6 Å². The van der Waals surface area contributed by atoms with E-state index in [9.17, 15) is 8.42 Å². The predicted octanol–water partition coefficient (Wildman–Crippen LogP) is 2.30. The molecule has 1 atom stereocenters. The van der Waals surface area contributed by atoms with Crippen LogP contribution >= 0.6 is 15.9 Å². The van der Waals surface area contributed by atoms with Gasteiger partial charge in [-0.2, -0.15) is 4.31 Å². The Hall–Kier alpha value is -0.430. The summed E-state index contributed by atoms with van der Waals surface area (Å²) in [6.45, 7) is 1.85. The second-order valence-corrected chi connectivity index (χ2v) is 7.92. The minimum Gasteiger partial charge on any atom is -0.305 e. The highest BCUT2D eigenvalue weighted by molar-refractivity contribution is 9.08. The van der Waals surface area contributed by atoms with Crippen LogP contribution in [0.2, 0.25) is 0 Å². The highest BCUT2D eigenvalue weighted by Gasteiger charge is 2.30. The summed E-state index contributed by atoms with van der Waals surface area (Å²) in [5.41, 5.74) is 1.07. The summed E-state index contributed by atoms with van der Waals surface area (Å²) in [6.07, 6.45) is 1.98. The highest BCUT2D eigenvalue weighted by Crippen LogP contribution is 2.22. The van der Waals surface area contributed by atoms with Crippen LogP contribution in [0.25, 0.3) is 0 Å². The van der Waals surface area contributed by atoms with Gasteiger partial charge in [-0.3, -0.25) is 0 Å². The molecule has 1 aliphatic heterocycles. The molecule has 0 saturated carbocycles. The van der Waals surface area contributed by atoms with E-state index in [4.69, 9.17) is 0 Å². The van der Waals surface area contributed by atoms with Gasteiger partial charge in [0.25, 0.3) is 0 Å². The normalized spacial score (nSPS) is 21.3. The van der Waals surface area contributed by atoms with Gasteiger partial charge < -0.3 is 4.90 Å². The largest absolute Gasteiger partial charge is 0.305 e. The van der Waals surface area contributed by atoms with E-state index in [1.807, 2.05) is 19.2 Å². The Bertz CT molecular complexity index is 545. The lowest BCUT2D eigenvalue weighted by molar-refractivity contribution is 0.187. The third-order valence-electron chi connectivity index (χ3n) is 3.87. The fourth-order valence-electron chi connectivity index (χ4n) is 2.55. The van der Waals surface area contributed by atoms with Crippen molar-refractivity contribution in [1.29, 1.82) is 0 Å². The fourth-order valence-corrected chi connectivity index (χ4v) is 4.30. The zero-order chi connectivity index (χ0) is 14.8. The molecular weight excluding hydrogens is 340 g/mol. The molecule has 20 heavy (non-hydrogen) atoms. The van der Waals surface area contributed by atoms with Gasteiger partial charge in [0.15, 0.2) is 0 Å². The second kappa shape index (κ2) is 6.56. The van der Waals surface area contributed by atoms with Crippen molar-refractivity contribution < 1.29 is 8.42 Å². The first-order valence-corrected chi connectivity index (χ1v) is 9.33. The molecule has 0 N–H and O–H groups in total. The molecule has 1 fully saturated rings. The van der Waals surface area contributed by atoms with E-state index in [1.54, 1.807) is 19.2 Å². The molecule has 1 aromatic carbocycles. The smallest absolute Gasteiger partial charge is 0.243 e. The lowest BCUT2D eigenvalue weighted by Gasteiger charge is -2.35. The van der Waals surface area contributed by atoms with Gasteiger partial charge in [0.1, 0.15) is 0 Å². The van der Waals surface area contributed by atoms with Crippen LogP contribution in [0.5, 0.6) is 0 Å². The van der Waals surface area contributed by atoms with Crippen molar-refractivity contribution >= 4 is 26.0 Å². The first-order valence-electron chi connectivity index (χ1n) is 6.76. The van der Waals surface area contributed by atoms with Gasteiger partial charge in [-0.25, -0.2) is 8.42 Å². The van der Waals surface area contributed by atoms with Crippen LogP contribution in [-0.4, -0.2) is 50.8 Å². The molecule has 1 heterocycles. The Balaban J connectivity index is 2.19. The third-order valence-corrected chi connectivity index (χ3v) is 6.44. The number of sulfonamides is 1. The number of piperidine rings is 1. The number of likely N-dealkylation sites (N-methyl/N-ethyl adjacent to an activating group) is 2. The zero-order valence-electron chi connectivity index (χ0n) is 11.9. The minimum atomic E-state index is -3.40. The Morgan fingerprint density at radius 2 is 2.00 bits per heavy atom. The molecule has 4 nitrogen and oxygen atoms in total. The number of hydrogen-bond donors (Lipinski definition) is 0. The maximum atomic E-state index is 12.6. The number of alkyl halides is 1. The fraction of sp³-hybridized carbons (Fsp3) is 0.571. The lowest BCUT2D eigenvalue weighted by atomic mass is 10.1. The van der Waals surface area contributed by atoms with E-state index >= 15 is 0 Å². The van der Waals surface area contributed by atoms with Crippen LogP contribution in [0.15, 0.2) is 29.2 Å². The van der Waals surface area contributed by atoms with Crippen LogP contribution in [0.1, 0.15) is 18.4 Å². The molecule has 0 aromatic heterocycles. The maximum Gasteiger partial charge on any atom is 0.243 e. The van der Waals surface area contributed by atoms with Crippen molar-refractivity contribution in [1.82, 2.24) is 9.21 Å². The van der Waals surface area contributed by atoms with Crippen molar-refractivity contribution in [3.05, 3.63) is 29.8 Å². The van der Waals surface area contributed by atoms with Crippen LogP contribution in [0.4, 0.5) is 0 Å². The summed E-state index contributed by atoms with van der Waals surface area (Å²) in [7, 11) is 0.335. The number of rotatable bonds is 4. The van der Waals surface area contributed by atoms with Crippen molar-refractivity contribution in [2.75, 3.05) is 27.2 Å². The maximum absolute atomic E-state index is 12.6. The first kappa shape index (κ1) is 15.9. The number of benzene rings is 1. The van der Waals surface area contributed by atoms with Gasteiger partial charge in [-0.1, -0.05) is 28.1 Å². The average molecular weight is 361 g/mol. The lowest BCUT2D eigenvalue weighted by Crippen LogP contribution is -2.47. The van der Waals surface area contributed by atoms with Gasteiger partial charge in [-0.05, 0) is 44.1 Å². The minimum absolute atomic E-state index is 0.0644. The molecule has 1 aliphatic rings. The van der Waals surface area contributed by atoms with Crippen LogP contribution in [0, 0.1) is 0 Å². The number of halogens is 1. The quantitative estimate of drug-likeness (QED) is 0.773. The summed E-state index contributed by atoms with van der Waals surface area (Å²) in [5.74, 6) is 0. The Kier molecular flexibility index (Phi) is 5.23. The number of hydrogen-bond acceptors (Lipinski definition) is 3. The monoisotopic (exact) mass is 360 g/mol. The summed E-state index contributed by atoms with van der Waals surface area (Å²) in [6, 6.07) is 7.14. The van der Waals surface area contributed by atoms with E-state index in [2.05, 4.69) is 20.8 Å². The van der Waals surface area contributed by atoms with Gasteiger partial charge in [0, 0.05) is 25.0 Å². The highest BCUT2D eigenvalue weighted by atomic mass is 79.9. The van der Waals surface area contributed by atoms with E-state index in [0.717, 1.165) is 36.8 Å². The summed E-state index contributed by atoms with van der Waals surface area (Å²) >= 11 is 3.37. The van der Waals surface area contributed by atoms with Crippen LogP contribution < -0.4 is 0 Å². The predicted molar refractivity (Wildman–Crippen MR) is 84.5 cm³/mol. The van der Waals surface area contributed by atoms with Crippen LogP contribution in [0.3, 0.4) is 0 Å². The molecule has 0 amide bonds. The number of likely N-dealkylation sites (tertiary alicyclic amines) is 1. The molecule has 0 radical (unpaired) electrons. The molecule has 0 bridgehead atoms. The molecule has 1 unspecified atom stereocenters. The Morgan fingerprint density at radius 3 is 2.55 bits per heavy atom. The Labute approximate surface area is 129 Å². The summed E-state index contributed by atoms with van der Waals surface area (Å²) in [4.78, 5) is 2.56. The molecule has 112 valence electrons. The van der Waals surface area contributed by atoms with Crippen molar-refractivity contribution in [3.8, 4) is 0 Å². The van der Waals surface area contributed by atoms with E-state index in [0.29, 0.717) is 4.90 Å². The molecular formula is C14H21BrN2O2S. The van der Waals surface area contributed by atoms with E-state index < -0.39 is 10.0 Å². The number of nitrogens with zero attached hydrogens (tertiary/aromatic N) is 2. The third kappa shape index (κ3) is 3.42. The van der Waals surface area contributed by atoms with Crippen LogP contribution in [-0.2, 0) is 15.4 Å². The summed E-state index contributed by atoms with van der Waals surface area (Å²) < 4.78 is 26.8. The zero-order valence-corrected chi connectivity index (χ0v) is 14.3. The van der Waals surface area contributed by atoms with Crippen molar-refractivity contribution in [2.45, 2.75) is 29.1 Å². The van der Waals surface area contributed by atoms with Gasteiger partial charge in [-0.15, -0.1) is 0 Å². The molecule has 2 rings (SSSR count). The van der Waals surface area contributed by atoms with Gasteiger partial charge in [0.05, 0.1) is 4.90 Å². The van der Waals surface area contributed by atoms with Gasteiger partial charge in [0.2, 0.25) is 10.0 Å². The molecule has 0 aliphatic carbocycles. The molecule has 1 saturated heterocycles. The standard InChI is InChI=1S/C14H21BrN2O2S/c1-16-9-3-4-13(11-16)17(2)20(18,19)14-7-5-12(10-15)6-8-14/h5-8,13H,3-4,9-11H2,1-2H3. The van der Waals surface area contributed by atoms with Crippen molar-refractivity contribution in [2.24, 2.45) is 0 Å². The van der Waals surface area contributed by atoms with Gasteiger partial charge >= 0.3 is 0 Å². The SMILES string of the molecule is CN1CCCC(N(C)S(=O)(=O)c2ccc(CBr)cc2)C1. The average Bonchev–Trinajstić information content (AvgIpc) is 2.46. The van der Waals surface area contributed by atoms with E-state index in [-0.39, 0.29) is 6.04 Å². The molecule has 0 spiro atoms. The van der Waals surface area contributed by atoms with E-state index in [1.165, 1.54) is 4.31 Å².